The van der Waals surface area contributed by atoms with Crippen molar-refractivity contribution in [3.05, 3.63) is 57.1 Å². The summed E-state index contributed by atoms with van der Waals surface area (Å²) in [4.78, 5) is 0. The molecule has 0 aliphatic heterocycles. The second-order valence-electron chi connectivity index (χ2n) is 4.61. The summed E-state index contributed by atoms with van der Waals surface area (Å²) in [6.07, 6.45) is 0. The van der Waals surface area contributed by atoms with E-state index in [0.29, 0.717) is 27.7 Å². The third-order valence-corrected chi connectivity index (χ3v) is 4.14. The molecule has 0 atom stereocenters. The van der Waals surface area contributed by atoms with Gasteiger partial charge in [0.1, 0.15) is 18.1 Å². The lowest BCUT2D eigenvalue weighted by Crippen LogP contribution is -2.01. The van der Waals surface area contributed by atoms with Gasteiger partial charge in [0.05, 0.1) is 12.1 Å². The van der Waals surface area contributed by atoms with Gasteiger partial charge in [-0.15, -0.1) is 0 Å². The van der Waals surface area contributed by atoms with Crippen LogP contribution in [0.3, 0.4) is 0 Å². The van der Waals surface area contributed by atoms with Gasteiger partial charge in [0.15, 0.2) is 0 Å². The zero-order valence-electron chi connectivity index (χ0n) is 11.8. The van der Waals surface area contributed by atoms with Crippen molar-refractivity contribution in [3.8, 4) is 11.5 Å². The van der Waals surface area contributed by atoms with Crippen LogP contribution in [0.25, 0.3) is 0 Å². The quantitative estimate of drug-likeness (QED) is 0.603. The van der Waals surface area contributed by atoms with E-state index in [9.17, 15) is 0 Å². The molecule has 0 N–H and O–H groups in total. The van der Waals surface area contributed by atoms with Crippen molar-refractivity contribution in [2.75, 3.05) is 7.11 Å². The van der Waals surface area contributed by atoms with E-state index in [0.717, 1.165) is 22.4 Å². The smallest absolute Gasteiger partial charge is 0.142 e. The molecule has 0 fully saturated rings. The number of ether oxygens (including phenoxy) is 2. The zero-order valence-corrected chi connectivity index (χ0v) is 14.8. The van der Waals surface area contributed by atoms with Crippen molar-refractivity contribution in [2.24, 2.45) is 0 Å². The SMILES string of the molecule is COc1ccc(C)cc1COc1c(Cl)cc(Cl)cc1CBr. The molecule has 2 aromatic rings. The number of hydrogen-bond donors (Lipinski definition) is 0. The van der Waals surface area contributed by atoms with Crippen LogP contribution >= 0.6 is 39.1 Å². The van der Waals surface area contributed by atoms with Gasteiger partial charge in [0, 0.05) is 21.5 Å². The fraction of sp³-hybridized carbons (Fsp3) is 0.250. The van der Waals surface area contributed by atoms with Crippen LogP contribution in [-0.2, 0) is 11.9 Å². The maximum atomic E-state index is 6.22. The minimum Gasteiger partial charge on any atom is -0.496 e. The van der Waals surface area contributed by atoms with Gasteiger partial charge in [-0.1, -0.05) is 50.8 Å². The lowest BCUT2D eigenvalue weighted by molar-refractivity contribution is 0.295. The summed E-state index contributed by atoms with van der Waals surface area (Å²) in [5.74, 6) is 1.44. The number of methoxy groups -OCH3 is 1. The molecule has 0 amide bonds. The number of hydrogen-bond acceptors (Lipinski definition) is 2. The second kappa shape index (κ2) is 7.39. The lowest BCUT2D eigenvalue weighted by Gasteiger charge is -2.14. The fourth-order valence-electron chi connectivity index (χ4n) is 2.04. The van der Waals surface area contributed by atoms with Crippen LogP contribution in [0.1, 0.15) is 16.7 Å². The number of benzene rings is 2. The van der Waals surface area contributed by atoms with E-state index < -0.39 is 0 Å². The van der Waals surface area contributed by atoms with Crippen LogP contribution in [0.2, 0.25) is 10.0 Å². The largest absolute Gasteiger partial charge is 0.496 e. The molecule has 112 valence electrons. The maximum Gasteiger partial charge on any atom is 0.142 e. The Morgan fingerprint density at radius 2 is 1.86 bits per heavy atom. The van der Waals surface area contributed by atoms with Crippen LogP contribution in [0.5, 0.6) is 11.5 Å². The Hall–Kier alpha value is -0.900. The highest BCUT2D eigenvalue weighted by Gasteiger charge is 2.12. The number of aryl methyl sites for hydroxylation is 1. The summed E-state index contributed by atoms with van der Waals surface area (Å²) in [5.41, 5.74) is 3.04. The predicted molar refractivity (Wildman–Crippen MR) is 91.2 cm³/mol. The first-order chi connectivity index (χ1) is 10.0. The predicted octanol–water partition coefficient (Wildman–Crippen LogP) is 5.78. The Morgan fingerprint density at radius 1 is 1.10 bits per heavy atom. The summed E-state index contributed by atoms with van der Waals surface area (Å²) in [5, 5.41) is 1.71. The number of rotatable bonds is 5. The van der Waals surface area contributed by atoms with Gasteiger partial charge in [-0.05, 0) is 31.2 Å². The molecular formula is C16H15BrCl2O2. The van der Waals surface area contributed by atoms with Gasteiger partial charge in [0.25, 0.3) is 0 Å². The van der Waals surface area contributed by atoms with Gasteiger partial charge in [-0.2, -0.15) is 0 Å². The van der Waals surface area contributed by atoms with Crippen molar-refractivity contribution < 1.29 is 9.47 Å². The maximum absolute atomic E-state index is 6.22. The van der Waals surface area contributed by atoms with Gasteiger partial charge >= 0.3 is 0 Å². The molecule has 0 radical (unpaired) electrons. The average molecular weight is 390 g/mol. The first-order valence-electron chi connectivity index (χ1n) is 6.35. The van der Waals surface area contributed by atoms with E-state index in [-0.39, 0.29) is 0 Å². The molecule has 0 bridgehead atoms. The van der Waals surface area contributed by atoms with Crippen LogP contribution in [0.15, 0.2) is 30.3 Å². The van der Waals surface area contributed by atoms with Crippen molar-refractivity contribution in [1.82, 2.24) is 0 Å². The molecule has 0 spiro atoms. The summed E-state index contributed by atoms with van der Waals surface area (Å²) >= 11 is 15.6. The second-order valence-corrected chi connectivity index (χ2v) is 6.02. The average Bonchev–Trinajstić information content (AvgIpc) is 2.45. The molecule has 0 aromatic heterocycles. The Labute approximate surface area is 143 Å². The first kappa shape index (κ1) is 16.5. The van der Waals surface area contributed by atoms with Gasteiger partial charge < -0.3 is 9.47 Å². The monoisotopic (exact) mass is 388 g/mol. The van der Waals surface area contributed by atoms with Crippen LogP contribution in [-0.4, -0.2) is 7.11 Å². The summed E-state index contributed by atoms with van der Waals surface area (Å²) < 4.78 is 11.2. The van der Waals surface area contributed by atoms with E-state index in [1.807, 2.05) is 31.2 Å². The van der Waals surface area contributed by atoms with E-state index in [1.165, 1.54) is 0 Å². The lowest BCUT2D eigenvalue weighted by atomic mass is 10.1. The molecule has 0 aliphatic carbocycles. The van der Waals surface area contributed by atoms with Crippen LogP contribution in [0.4, 0.5) is 0 Å². The van der Waals surface area contributed by atoms with Crippen molar-refractivity contribution in [3.63, 3.8) is 0 Å². The minimum atomic E-state index is 0.381. The highest BCUT2D eigenvalue weighted by molar-refractivity contribution is 9.08. The molecule has 0 aliphatic rings. The van der Waals surface area contributed by atoms with E-state index in [4.69, 9.17) is 32.7 Å². The molecular weight excluding hydrogens is 375 g/mol. The standard InChI is InChI=1S/C16H15BrCl2O2/c1-10-3-4-15(20-2)12(5-10)9-21-16-11(8-17)6-13(18)7-14(16)19/h3-7H,8-9H2,1-2H3. The molecule has 0 heterocycles. The molecule has 5 heteroatoms. The van der Waals surface area contributed by atoms with Crippen LogP contribution < -0.4 is 9.47 Å². The molecule has 2 aromatic carbocycles. The third kappa shape index (κ3) is 4.06. The molecule has 2 rings (SSSR count). The van der Waals surface area contributed by atoms with Gasteiger partial charge in [0.2, 0.25) is 0 Å². The summed E-state index contributed by atoms with van der Waals surface area (Å²) in [6.45, 7) is 2.41. The summed E-state index contributed by atoms with van der Waals surface area (Å²) in [6, 6.07) is 9.49. The summed E-state index contributed by atoms with van der Waals surface area (Å²) in [7, 11) is 1.65. The molecule has 21 heavy (non-hydrogen) atoms. The molecule has 0 unspecified atom stereocenters. The fourth-order valence-corrected chi connectivity index (χ4v) is 3.05. The van der Waals surface area contributed by atoms with Gasteiger partial charge in [-0.25, -0.2) is 0 Å². The third-order valence-electron chi connectivity index (χ3n) is 3.04. The molecule has 0 saturated carbocycles. The van der Waals surface area contributed by atoms with Crippen molar-refractivity contribution in [1.29, 1.82) is 0 Å². The Balaban J connectivity index is 2.26. The number of alkyl halides is 1. The minimum absolute atomic E-state index is 0.381. The highest BCUT2D eigenvalue weighted by Crippen LogP contribution is 2.35. The zero-order chi connectivity index (χ0) is 15.4. The van der Waals surface area contributed by atoms with E-state index in [2.05, 4.69) is 15.9 Å². The van der Waals surface area contributed by atoms with Crippen LogP contribution in [0, 0.1) is 6.92 Å². The first-order valence-corrected chi connectivity index (χ1v) is 8.23. The number of halogens is 3. The van der Waals surface area contributed by atoms with Crippen molar-refractivity contribution >= 4 is 39.1 Å². The molecule has 2 nitrogen and oxygen atoms in total. The normalized spacial score (nSPS) is 10.5. The topological polar surface area (TPSA) is 18.5 Å². The Kier molecular flexibility index (Phi) is 5.80. The van der Waals surface area contributed by atoms with Gasteiger partial charge in [-0.3, -0.25) is 0 Å². The van der Waals surface area contributed by atoms with E-state index in [1.54, 1.807) is 13.2 Å². The van der Waals surface area contributed by atoms with Crippen molar-refractivity contribution in [2.45, 2.75) is 18.9 Å². The van der Waals surface area contributed by atoms with E-state index >= 15 is 0 Å². The molecule has 0 saturated heterocycles. The Bertz CT molecular complexity index is 644. The highest BCUT2D eigenvalue weighted by atomic mass is 79.9. The Morgan fingerprint density at radius 3 is 2.52 bits per heavy atom.